The SMILES string of the molecule is CC(=O)Nc1ccc(C(=O)N[C@H](Cc2ccccc2Cl)C(=O)O)cc1. The number of benzene rings is 2. The van der Waals surface area contributed by atoms with Gasteiger partial charge in [0.15, 0.2) is 0 Å². The molecular weight excluding hydrogens is 344 g/mol. The Morgan fingerprint density at radius 2 is 1.72 bits per heavy atom. The molecule has 0 aliphatic carbocycles. The molecule has 2 aromatic carbocycles. The topological polar surface area (TPSA) is 95.5 Å². The van der Waals surface area contributed by atoms with E-state index in [0.717, 1.165) is 0 Å². The van der Waals surface area contributed by atoms with Gasteiger partial charge in [-0.3, -0.25) is 9.59 Å². The van der Waals surface area contributed by atoms with Crippen molar-refractivity contribution >= 4 is 35.1 Å². The number of rotatable bonds is 6. The van der Waals surface area contributed by atoms with Crippen LogP contribution in [0.2, 0.25) is 5.02 Å². The van der Waals surface area contributed by atoms with Crippen molar-refractivity contribution in [1.82, 2.24) is 5.32 Å². The highest BCUT2D eigenvalue weighted by Crippen LogP contribution is 2.17. The predicted octanol–water partition coefficient (Wildman–Crippen LogP) is 2.72. The number of hydrogen-bond donors (Lipinski definition) is 3. The minimum atomic E-state index is -1.15. The highest BCUT2D eigenvalue weighted by atomic mass is 35.5. The van der Waals surface area contributed by atoms with Crippen LogP contribution in [0.25, 0.3) is 0 Å². The Kier molecular flexibility index (Phi) is 6.14. The fraction of sp³-hybridized carbons (Fsp3) is 0.167. The Labute approximate surface area is 149 Å². The Balaban J connectivity index is 2.08. The summed E-state index contributed by atoms with van der Waals surface area (Å²) < 4.78 is 0. The molecule has 0 aliphatic heterocycles. The van der Waals surface area contributed by atoms with Gasteiger partial charge in [-0.05, 0) is 35.9 Å². The molecule has 0 bridgehead atoms. The zero-order valence-corrected chi connectivity index (χ0v) is 14.2. The van der Waals surface area contributed by atoms with Crippen molar-refractivity contribution in [3.63, 3.8) is 0 Å². The molecule has 0 aliphatic rings. The summed E-state index contributed by atoms with van der Waals surface area (Å²) >= 11 is 6.05. The molecule has 0 radical (unpaired) electrons. The molecule has 2 rings (SSSR count). The Morgan fingerprint density at radius 1 is 1.08 bits per heavy atom. The van der Waals surface area contributed by atoms with Crippen LogP contribution < -0.4 is 10.6 Å². The van der Waals surface area contributed by atoms with E-state index in [1.165, 1.54) is 19.1 Å². The fourth-order valence-electron chi connectivity index (χ4n) is 2.23. The summed E-state index contributed by atoms with van der Waals surface area (Å²) in [4.78, 5) is 34.7. The molecule has 0 spiro atoms. The van der Waals surface area contributed by atoms with E-state index in [4.69, 9.17) is 11.6 Å². The number of amides is 2. The quantitative estimate of drug-likeness (QED) is 0.738. The first-order valence-electron chi connectivity index (χ1n) is 7.51. The molecule has 0 unspecified atom stereocenters. The van der Waals surface area contributed by atoms with E-state index in [1.54, 1.807) is 36.4 Å². The smallest absolute Gasteiger partial charge is 0.326 e. The van der Waals surface area contributed by atoms with Crippen molar-refractivity contribution in [2.45, 2.75) is 19.4 Å². The highest BCUT2D eigenvalue weighted by molar-refractivity contribution is 6.31. The Morgan fingerprint density at radius 3 is 2.28 bits per heavy atom. The first-order chi connectivity index (χ1) is 11.9. The maximum Gasteiger partial charge on any atom is 0.326 e. The van der Waals surface area contributed by atoms with Gasteiger partial charge in [-0.2, -0.15) is 0 Å². The highest BCUT2D eigenvalue weighted by Gasteiger charge is 2.22. The van der Waals surface area contributed by atoms with Crippen molar-refractivity contribution in [2.24, 2.45) is 0 Å². The van der Waals surface area contributed by atoms with Gasteiger partial charge < -0.3 is 15.7 Å². The van der Waals surface area contributed by atoms with Crippen molar-refractivity contribution in [1.29, 1.82) is 0 Å². The summed E-state index contributed by atoms with van der Waals surface area (Å²) in [6.07, 6.45) is 0.0741. The molecule has 0 heterocycles. The lowest BCUT2D eigenvalue weighted by molar-refractivity contribution is -0.139. The van der Waals surface area contributed by atoms with Crippen LogP contribution in [0.15, 0.2) is 48.5 Å². The van der Waals surface area contributed by atoms with E-state index in [-0.39, 0.29) is 12.3 Å². The second kappa shape index (κ2) is 8.30. The summed E-state index contributed by atoms with van der Waals surface area (Å²) in [6, 6.07) is 11.9. The van der Waals surface area contributed by atoms with Crippen LogP contribution in [0.4, 0.5) is 5.69 Å². The van der Waals surface area contributed by atoms with Gasteiger partial charge in [-0.1, -0.05) is 29.8 Å². The summed E-state index contributed by atoms with van der Waals surface area (Å²) in [5.74, 6) is -1.89. The van der Waals surface area contributed by atoms with E-state index < -0.39 is 17.9 Å². The zero-order valence-electron chi connectivity index (χ0n) is 13.5. The third-order valence-corrected chi connectivity index (χ3v) is 3.82. The van der Waals surface area contributed by atoms with E-state index >= 15 is 0 Å². The number of halogens is 1. The van der Waals surface area contributed by atoms with Crippen molar-refractivity contribution in [3.8, 4) is 0 Å². The molecule has 3 N–H and O–H groups in total. The molecule has 0 fully saturated rings. The third kappa shape index (κ3) is 5.32. The molecule has 6 nitrogen and oxygen atoms in total. The molecule has 25 heavy (non-hydrogen) atoms. The largest absolute Gasteiger partial charge is 0.480 e. The van der Waals surface area contributed by atoms with Gasteiger partial charge in [0.25, 0.3) is 5.91 Å². The fourth-order valence-corrected chi connectivity index (χ4v) is 2.45. The number of anilines is 1. The monoisotopic (exact) mass is 360 g/mol. The predicted molar refractivity (Wildman–Crippen MR) is 94.8 cm³/mol. The second-order valence-corrected chi connectivity index (χ2v) is 5.83. The van der Waals surface area contributed by atoms with Crippen LogP contribution in [0, 0.1) is 0 Å². The summed E-state index contributed by atoms with van der Waals surface area (Å²) in [5, 5.41) is 14.9. The van der Waals surface area contributed by atoms with Gasteiger partial charge in [-0.25, -0.2) is 4.79 Å². The zero-order chi connectivity index (χ0) is 18.4. The van der Waals surface area contributed by atoms with Gasteiger partial charge in [0.2, 0.25) is 5.91 Å². The van der Waals surface area contributed by atoms with Crippen LogP contribution in [0.1, 0.15) is 22.8 Å². The number of nitrogens with one attached hydrogen (secondary N) is 2. The first-order valence-corrected chi connectivity index (χ1v) is 7.89. The summed E-state index contributed by atoms with van der Waals surface area (Å²) in [7, 11) is 0. The van der Waals surface area contributed by atoms with Crippen molar-refractivity contribution < 1.29 is 19.5 Å². The summed E-state index contributed by atoms with van der Waals surface area (Å²) in [6.45, 7) is 1.38. The van der Waals surface area contributed by atoms with Crippen LogP contribution >= 0.6 is 11.6 Å². The minimum absolute atomic E-state index is 0.0741. The number of aliphatic carboxylic acids is 1. The van der Waals surface area contributed by atoms with Crippen LogP contribution in [0.3, 0.4) is 0 Å². The van der Waals surface area contributed by atoms with Gasteiger partial charge in [0.05, 0.1) is 0 Å². The maximum atomic E-state index is 12.3. The van der Waals surface area contributed by atoms with E-state index in [2.05, 4.69) is 10.6 Å². The van der Waals surface area contributed by atoms with E-state index in [9.17, 15) is 19.5 Å². The lowest BCUT2D eigenvalue weighted by atomic mass is 10.1. The number of carbonyl (C=O) groups is 3. The average molecular weight is 361 g/mol. The Bertz CT molecular complexity index is 790. The van der Waals surface area contributed by atoms with Crippen LogP contribution in [-0.2, 0) is 16.0 Å². The van der Waals surface area contributed by atoms with E-state index in [1.807, 2.05) is 0 Å². The van der Waals surface area contributed by atoms with Crippen molar-refractivity contribution in [2.75, 3.05) is 5.32 Å². The second-order valence-electron chi connectivity index (χ2n) is 5.42. The molecule has 2 amide bonds. The average Bonchev–Trinajstić information content (AvgIpc) is 2.56. The molecular formula is C18H17ClN2O4. The van der Waals surface area contributed by atoms with Gasteiger partial charge in [0, 0.05) is 29.6 Å². The molecule has 0 saturated heterocycles. The number of hydrogen-bond acceptors (Lipinski definition) is 3. The van der Waals surface area contributed by atoms with Crippen LogP contribution in [0.5, 0.6) is 0 Å². The van der Waals surface area contributed by atoms with Crippen molar-refractivity contribution in [3.05, 3.63) is 64.7 Å². The van der Waals surface area contributed by atoms with Gasteiger partial charge in [0.1, 0.15) is 6.04 Å². The number of carboxylic acids is 1. The minimum Gasteiger partial charge on any atom is -0.480 e. The molecule has 0 saturated carbocycles. The van der Waals surface area contributed by atoms with Gasteiger partial charge >= 0.3 is 5.97 Å². The van der Waals surface area contributed by atoms with Crippen LogP contribution in [-0.4, -0.2) is 28.9 Å². The standard InChI is InChI=1S/C18H17ClN2O4/c1-11(22)20-14-8-6-12(7-9-14)17(23)21-16(18(24)25)10-13-4-2-3-5-15(13)19/h2-9,16H,10H2,1H3,(H,20,22)(H,21,23)(H,24,25)/t16-/m1/s1. The molecule has 130 valence electrons. The first kappa shape index (κ1) is 18.5. The lowest BCUT2D eigenvalue weighted by Gasteiger charge is -2.15. The maximum absolute atomic E-state index is 12.3. The molecule has 1 atom stereocenters. The lowest BCUT2D eigenvalue weighted by Crippen LogP contribution is -2.42. The third-order valence-electron chi connectivity index (χ3n) is 3.45. The van der Waals surface area contributed by atoms with Gasteiger partial charge in [-0.15, -0.1) is 0 Å². The summed E-state index contributed by atoms with van der Waals surface area (Å²) in [5.41, 5.74) is 1.48. The molecule has 2 aromatic rings. The molecule has 0 aromatic heterocycles. The number of carboxylic acid groups (broad SMARTS) is 1. The number of carbonyl (C=O) groups excluding carboxylic acids is 2. The molecule has 7 heteroatoms. The normalized spacial score (nSPS) is 11.4. The van der Waals surface area contributed by atoms with E-state index in [0.29, 0.717) is 21.8 Å². The Hall–Kier alpha value is -2.86.